The van der Waals surface area contributed by atoms with Gasteiger partial charge in [0, 0.05) is 28.4 Å². The molecule has 2 atom stereocenters. The van der Waals surface area contributed by atoms with Gasteiger partial charge >= 0.3 is 0 Å². The van der Waals surface area contributed by atoms with Crippen molar-refractivity contribution in [2.75, 3.05) is 0 Å². The molecule has 0 bridgehead atoms. The number of aromatic nitrogens is 1. The highest BCUT2D eigenvalue weighted by Gasteiger charge is 2.25. The summed E-state index contributed by atoms with van der Waals surface area (Å²) in [5.41, 5.74) is 1.18. The van der Waals surface area contributed by atoms with Crippen molar-refractivity contribution in [2.24, 2.45) is 5.92 Å². The fraction of sp³-hybridized carbons (Fsp3) is 0.615. The van der Waals surface area contributed by atoms with Crippen molar-refractivity contribution in [3.63, 3.8) is 0 Å². The van der Waals surface area contributed by atoms with Crippen LogP contribution in [0.2, 0.25) is 0 Å². The van der Waals surface area contributed by atoms with Gasteiger partial charge in [-0.1, -0.05) is 6.92 Å². The summed E-state index contributed by atoms with van der Waals surface area (Å²) in [4.78, 5) is 4.42. The number of hydrogen-bond donors (Lipinski definition) is 1. The van der Waals surface area contributed by atoms with E-state index in [4.69, 9.17) is 0 Å². The fourth-order valence-corrected chi connectivity index (χ4v) is 2.05. The van der Waals surface area contributed by atoms with Crippen LogP contribution in [0.25, 0.3) is 0 Å². The molecule has 0 aromatic carbocycles. The molecule has 0 aliphatic heterocycles. The Morgan fingerprint density at radius 1 is 1.44 bits per heavy atom. The van der Waals surface area contributed by atoms with Crippen molar-refractivity contribution < 1.29 is 0 Å². The molecule has 0 spiro atoms. The van der Waals surface area contributed by atoms with Gasteiger partial charge in [-0.2, -0.15) is 0 Å². The van der Waals surface area contributed by atoms with Gasteiger partial charge in [-0.05, 0) is 60.2 Å². The van der Waals surface area contributed by atoms with Gasteiger partial charge in [-0.15, -0.1) is 0 Å². The molecule has 3 heteroatoms. The van der Waals surface area contributed by atoms with Gasteiger partial charge in [0.15, 0.2) is 0 Å². The lowest BCUT2D eigenvalue weighted by atomic mass is 9.97. The predicted octanol–water partition coefficient (Wildman–Crippen LogP) is 3.16. The van der Waals surface area contributed by atoms with Crippen LogP contribution in [0.15, 0.2) is 22.8 Å². The van der Waals surface area contributed by atoms with Gasteiger partial charge in [0.2, 0.25) is 0 Å². The van der Waals surface area contributed by atoms with E-state index in [1.807, 2.05) is 6.20 Å². The average molecular weight is 283 g/mol. The molecule has 1 N–H and O–H groups in total. The zero-order valence-electron chi connectivity index (χ0n) is 9.91. The third kappa shape index (κ3) is 3.56. The van der Waals surface area contributed by atoms with Crippen LogP contribution in [0, 0.1) is 5.92 Å². The maximum absolute atomic E-state index is 4.42. The zero-order valence-corrected chi connectivity index (χ0v) is 11.5. The molecule has 2 rings (SSSR count). The number of hydrogen-bond acceptors (Lipinski definition) is 2. The molecular formula is C13H19BrN2. The van der Waals surface area contributed by atoms with Crippen LogP contribution in [0.1, 0.15) is 32.4 Å². The molecule has 0 amide bonds. The van der Waals surface area contributed by atoms with Crippen molar-refractivity contribution in [1.29, 1.82) is 0 Å². The molecule has 1 aliphatic rings. The third-order valence-electron chi connectivity index (χ3n) is 3.25. The number of nitrogens with zero attached hydrogens (tertiary/aromatic N) is 1. The topological polar surface area (TPSA) is 24.9 Å². The molecule has 0 radical (unpaired) electrons. The van der Waals surface area contributed by atoms with Crippen LogP contribution in [0.3, 0.4) is 0 Å². The molecule has 2 unspecified atom stereocenters. The van der Waals surface area contributed by atoms with Crippen LogP contribution in [-0.4, -0.2) is 17.1 Å². The summed E-state index contributed by atoms with van der Waals surface area (Å²) in [5, 5.41) is 3.65. The SMILES string of the molecule is CC(Cc1ccc(Br)cn1)C(C)NC1CC1. The Labute approximate surface area is 106 Å². The van der Waals surface area contributed by atoms with E-state index in [1.165, 1.54) is 18.5 Å². The van der Waals surface area contributed by atoms with Crippen LogP contribution < -0.4 is 5.32 Å². The molecular weight excluding hydrogens is 264 g/mol. The van der Waals surface area contributed by atoms with Gasteiger partial charge in [0.1, 0.15) is 0 Å². The van der Waals surface area contributed by atoms with Gasteiger partial charge < -0.3 is 5.32 Å². The number of halogens is 1. The van der Waals surface area contributed by atoms with Crippen LogP contribution in [0.5, 0.6) is 0 Å². The second-order valence-corrected chi connectivity index (χ2v) is 5.79. The molecule has 1 fully saturated rings. The molecule has 0 saturated heterocycles. The van der Waals surface area contributed by atoms with Crippen LogP contribution in [-0.2, 0) is 6.42 Å². The first-order chi connectivity index (χ1) is 7.65. The summed E-state index contributed by atoms with van der Waals surface area (Å²) in [5.74, 6) is 0.634. The molecule has 16 heavy (non-hydrogen) atoms. The molecule has 1 aromatic heterocycles. The maximum Gasteiger partial charge on any atom is 0.0413 e. The standard InChI is InChI=1S/C13H19BrN2/c1-9(10(2)16-12-5-6-12)7-13-4-3-11(14)8-15-13/h3-4,8-10,12,16H,5-7H2,1-2H3. The van der Waals surface area contributed by atoms with Crippen molar-refractivity contribution in [3.05, 3.63) is 28.5 Å². The Bertz CT molecular complexity index is 332. The van der Waals surface area contributed by atoms with Gasteiger partial charge in [0.25, 0.3) is 0 Å². The van der Waals surface area contributed by atoms with E-state index in [0.29, 0.717) is 12.0 Å². The average Bonchev–Trinajstić information content (AvgIpc) is 3.05. The molecule has 1 aromatic rings. The van der Waals surface area contributed by atoms with E-state index in [-0.39, 0.29) is 0 Å². The van der Waals surface area contributed by atoms with Gasteiger partial charge in [-0.25, -0.2) is 0 Å². The largest absolute Gasteiger partial charge is 0.311 e. The summed E-state index contributed by atoms with van der Waals surface area (Å²) >= 11 is 3.41. The first-order valence-electron chi connectivity index (χ1n) is 6.01. The van der Waals surface area contributed by atoms with Crippen LogP contribution >= 0.6 is 15.9 Å². The first-order valence-corrected chi connectivity index (χ1v) is 6.81. The van der Waals surface area contributed by atoms with E-state index >= 15 is 0 Å². The molecule has 1 heterocycles. The number of pyridine rings is 1. The third-order valence-corrected chi connectivity index (χ3v) is 3.72. The first kappa shape index (κ1) is 12.1. The number of nitrogens with one attached hydrogen (secondary N) is 1. The predicted molar refractivity (Wildman–Crippen MR) is 70.4 cm³/mol. The Morgan fingerprint density at radius 2 is 2.19 bits per heavy atom. The highest BCUT2D eigenvalue weighted by molar-refractivity contribution is 9.10. The van der Waals surface area contributed by atoms with Gasteiger partial charge in [-0.3, -0.25) is 4.98 Å². The quantitative estimate of drug-likeness (QED) is 0.898. The minimum absolute atomic E-state index is 0.581. The lowest BCUT2D eigenvalue weighted by Gasteiger charge is -2.20. The highest BCUT2D eigenvalue weighted by atomic mass is 79.9. The Hall–Kier alpha value is -0.410. The van der Waals surface area contributed by atoms with E-state index in [2.05, 4.69) is 52.2 Å². The van der Waals surface area contributed by atoms with Crippen molar-refractivity contribution in [1.82, 2.24) is 10.3 Å². The van der Waals surface area contributed by atoms with Crippen LogP contribution in [0.4, 0.5) is 0 Å². The lowest BCUT2D eigenvalue weighted by Crippen LogP contribution is -2.34. The van der Waals surface area contributed by atoms with Crippen molar-refractivity contribution in [2.45, 2.75) is 45.2 Å². The minimum Gasteiger partial charge on any atom is -0.311 e. The van der Waals surface area contributed by atoms with E-state index < -0.39 is 0 Å². The van der Waals surface area contributed by atoms with E-state index in [0.717, 1.165) is 16.9 Å². The smallest absolute Gasteiger partial charge is 0.0413 e. The fourth-order valence-electron chi connectivity index (χ4n) is 1.82. The lowest BCUT2D eigenvalue weighted by molar-refractivity contribution is 0.393. The number of rotatable bonds is 5. The summed E-state index contributed by atoms with van der Waals surface area (Å²) < 4.78 is 1.05. The van der Waals surface area contributed by atoms with E-state index in [1.54, 1.807) is 0 Å². The summed E-state index contributed by atoms with van der Waals surface area (Å²) in [6, 6.07) is 5.53. The zero-order chi connectivity index (χ0) is 11.5. The Morgan fingerprint density at radius 3 is 2.75 bits per heavy atom. The Kier molecular flexibility index (Phi) is 3.98. The second kappa shape index (κ2) is 5.28. The van der Waals surface area contributed by atoms with Crippen molar-refractivity contribution in [3.8, 4) is 0 Å². The summed E-state index contributed by atoms with van der Waals surface area (Å²) in [7, 11) is 0. The minimum atomic E-state index is 0.581. The maximum atomic E-state index is 4.42. The van der Waals surface area contributed by atoms with E-state index in [9.17, 15) is 0 Å². The Balaban J connectivity index is 1.85. The molecule has 1 saturated carbocycles. The normalized spacial score (nSPS) is 19.4. The summed E-state index contributed by atoms with van der Waals surface area (Å²) in [6.07, 6.45) is 5.64. The van der Waals surface area contributed by atoms with Gasteiger partial charge in [0.05, 0.1) is 0 Å². The monoisotopic (exact) mass is 282 g/mol. The summed E-state index contributed by atoms with van der Waals surface area (Å²) in [6.45, 7) is 4.58. The molecule has 2 nitrogen and oxygen atoms in total. The second-order valence-electron chi connectivity index (χ2n) is 4.88. The molecule has 88 valence electrons. The van der Waals surface area contributed by atoms with Crippen molar-refractivity contribution >= 4 is 15.9 Å². The molecule has 1 aliphatic carbocycles. The highest BCUT2D eigenvalue weighted by Crippen LogP contribution is 2.22.